The van der Waals surface area contributed by atoms with Crippen molar-refractivity contribution in [3.05, 3.63) is 56.8 Å². The lowest BCUT2D eigenvalue weighted by Crippen LogP contribution is -2.42. The highest BCUT2D eigenvalue weighted by Gasteiger charge is 2.24. The van der Waals surface area contributed by atoms with E-state index in [0.717, 1.165) is 47.2 Å². The molecule has 7 heteroatoms. The van der Waals surface area contributed by atoms with Gasteiger partial charge in [-0.2, -0.15) is 0 Å². The predicted octanol–water partition coefficient (Wildman–Crippen LogP) is 4.94. The van der Waals surface area contributed by atoms with Crippen LogP contribution in [0, 0.1) is 13.8 Å². The number of H-pyrrole nitrogens is 1. The van der Waals surface area contributed by atoms with Gasteiger partial charge in [0.1, 0.15) is 5.69 Å². The second kappa shape index (κ2) is 7.06. The van der Waals surface area contributed by atoms with Gasteiger partial charge in [-0.25, -0.2) is 4.98 Å². The van der Waals surface area contributed by atoms with E-state index in [0.29, 0.717) is 28.1 Å². The minimum atomic E-state index is -0.0276. The molecule has 0 unspecified atom stereocenters. The molecule has 0 bridgehead atoms. The van der Waals surface area contributed by atoms with Crippen LogP contribution < -0.4 is 5.32 Å². The van der Waals surface area contributed by atoms with Crippen LogP contribution in [-0.2, 0) is 6.54 Å². The lowest BCUT2D eigenvalue weighted by atomic mass is 10.1. The van der Waals surface area contributed by atoms with Gasteiger partial charge >= 0.3 is 0 Å². The van der Waals surface area contributed by atoms with E-state index in [-0.39, 0.29) is 5.91 Å². The van der Waals surface area contributed by atoms with Gasteiger partial charge < -0.3 is 15.2 Å². The van der Waals surface area contributed by atoms with Gasteiger partial charge in [-0.1, -0.05) is 29.3 Å². The predicted molar refractivity (Wildman–Crippen MR) is 110 cm³/mol. The first-order valence-electron chi connectivity index (χ1n) is 8.91. The zero-order valence-electron chi connectivity index (χ0n) is 15.2. The molecule has 0 saturated carbocycles. The van der Waals surface area contributed by atoms with E-state index in [9.17, 15) is 4.79 Å². The molecule has 3 heterocycles. The van der Waals surface area contributed by atoms with E-state index in [1.54, 1.807) is 12.1 Å². The minimum absolute atomic E-state index is 0.0276. The highest BCUT2D eigenvalue weighted by atomic mass is 35.5. The number of hydrogen-bond donors (Lipinski definition) is 2. The van der Waals surface area contributed by atoms with Crippen molar-refractivity contribution in [1.29, 1.82) is 0 Å². The third-order valence-corrected chi connectivity index (χ3v) is 5.86. The number of nitrogens with one attached hydrogen (secondary N) is 2. The number of fused-ring (bicyclic) bond motifs is 1. The Bertz CT molecular complexity index is 1020. The maximum absolute atomic E-state index is 12.7. The Balaban J connectivity index is 1.74. The monoisotopic (exact) mass is 402 g/mol. The van der Waals surface area contributed by atoms with Crippen LogP contribution in [0.15, 0.2) is 24.3 Å². The van der Waals surface area contributed by atoms with Crippen LogP contribution in [0.2, 0.25) is 10.0 Å². The van der Waals surface area contributed by atoms with Crippen molar-refractivity contribution in [3.8, 4) is 0 Å². The molecular formula is C20H20Cl2N4O. The number of nitrogens with zero attached hydrogens (tertiary/aromatic N) is 2. The summed E-state index contributed by atoms with van der Waals surface area (Å²) < 4.78 is 0. The molecule has 1 saturated heterocycles. The fraction of sp³-hybridized carbons (Fsp3) is 0.300. The van der Waals surface area contributed by atoms with E-state index in [4.69, 9.17) is 23.2 Å². The van der Waals surface area contributed by atoms with Crippen LogP contribution >= 0.6 is 23.2 Å². The van der Waals surface area contributed by atoms with E-state index < -0.39 is 0 Å². The molecule has 5 nitrogen and oxygen atoms in total. The van der Waals surface area contributed by atoms with Gasteiger partial charge in [0.2, 0.25) is 0 Å². The molecule has 0 radical (unpaired) electrons. The summed E-state index contributed by atoms with van der Waals surface area (Å²) in [6.45, 7) is 6.06. The van der Waals surface area contributed by atoms with Crippen molar-refractivity contribution in [2.24, 2.45) is 0 Å². The SMILES string of the molecule is Cc1[nH]c2c(NCc3c(Cl)cccc3Cl)nc(C(=O)N3CCC3)cc2c1C. The number of aryl methyl sites for hydroxylation is 2. The van der Waals surface area contributed by atoms with E-state index >= 15 is 0 Å². The molecule has 3 aromatic rings. The van der Waals surface area contributed by atoms with E-state index in [1.165, 1.54) is 0 Å². The standard InChI is InChI=1S/C20H20Cl2N4O/c1-11-12(2)24-18-13(11)9-17(20(27)26-7-4-8-26)25-19(18)23-10-14-15(21)5-3-6-16(14)22/h3,5-6,9,24H,4,7-8,10H2,1-2H3,(H,23,25). The van der Waals surface area contributed by atoms with Crippen LogP contribution in [0.1, 0.15) is 33.7 Å². The maximum atomic E-state index is 12.7. The number of rotatable bonds is 4. The number of carbonyl (C=O) groups excluding carboxylic acids is 1. The Morgan fingerprint density at radius 3 is 2.59 bits per heavy atom. The molecule has 0 atom stereocenters. The number of pyridine rings is 1. The molecular weight excluding hydrogens is 383 g/mol. The van der Waals surface area contributed by atoms with Gasteiger partial charge in [-0.3, -0.25) is 4.79 Å². The number of anilines is 1. The fourth-order valence-electron chi connectivity index (χ4n) is 3.24. The highest BCUT2D eigenvalue weighted by molar-refractivity contribution is 6.36. The molecule has 1 aliphatic rings. The Morgan fingerprint density at radius 2 is 1.96 bits per heavy atom. The van der Waals surface area contributed by atoms with Gasteiger partial charge in [-0.15, -0.1) is 0 Å². The quantitative estimate of drug-likeness (QED) is 0.649. The van der Waals surface area contributed by atoms with E-state index in [2.05, 4.69) is 15.3 Å². The van der Waals surface area contributed by atoms with Crippen molar-refractivity contribution in [1.82, 2.24) is 14.9 Å². The largest absolute Gasteiger partial charge is 0.364 e. The number of hydrogen-bond acceptors (Lipinski definition) is 3. The molecule has 27 heavy (non-hydrogen) atoms. The van der Waals surface area contributed by atoms with Gasteiger partial charge in [0.05, 0.1) is 5.52 Å². The summed E-state index contributed by atoms with van der Waals surface area (Å²) in [5.41, 5.74) is 4.31. The number of carbonyl (C=O) groups is 1. The fourth-order valence-corrected chi connectivity index (χ4v) is 3.77. The number of aromatic amines is 1. The smallest absolute Gasteiger partial charge is 0.272 e. The number of likely N-dealkylation sites (tertiary alicyclic amines) is 1. The van der Waals surface area contributed by atoms with Crippen LogP contribution in [0.3, 0.4) is 0 Å². The summed E-state index contributed by atoms with van der Waals surface area (Å²) in [6, 6.07) is 7.30. The third-order valence-electron chi connectivity index (χ3n) is 5.16. The zero-order valence-corrected chi connectivity index (χ0v) is 16.7. The number of amides is 1. The van der Waals surface area contributed by atoms with Crippen molar-refractivity contribution < 1.29 is 4.79 Å². The van der Waals surface area contributed by atoms with Crippen molar-refractivity contribution >= 4 is 45.8 Å². The Hall–Kier alpha value is -2.24. The zero-order chi connectivity index (χ0) is 19.1. The highest BCUT2D eigenvalue weighted by Crippen LogP contribution is 2.30. The number of benzene rings is 1. The van der Waals surface area contributed by atoms with E-state index in [1.807, 2.05) is 30.9 Å². The summed E-state index contributed by atoms with van der Waals surface area (Å²) in [7, 11) is 0. The third kappa shape index (κ3) is 3.26. The van der Waals surface area contributed by atoms with Gasteiger partial charge in [0.25, 0.3) is 5.91 Å². The second-order valence-electron chi connectivity index (χ2n) is 6.85. The van der Waals surface area contributed by atoms with Crippen molar-refractivity contribution in [2.75, 3.05) is 18.4 Å². The van der Waals surface area contributed by atoms with Crippen LogP contribution in [0.5, 0.6) is 0 Å². The average molecular weight is 403 g/mol. The van der Waals surface area contributed by atoms with Gasteiger partial charge in [0, 0.05) is 46.3 Å². The molecule has 1 amide bonds. The summed E-state index contributed by atoms with van der Waals surface area (Å²) >= 11 is 12.6. The first kappa shape index (κ1) is 18.1. The van der Waals surface area contributed by atoms with Crippen molar-refractivity contribution in [3.63, 3.8) is 0 Å². The Morgan fingerprint density at radius 1 is 1.26 bits per heavy atom. The summed E-state index contributed by atoms with van der Waals surface area (Å²) in [5, 5.41) is 5.50. The molecule has 1 fully saturated rings. The summed E-state index contributed by atoms with van der Waals surface area (Å²) in [4.78, 5) is 22.5. The number of aromatic nitrogens is 2. The van der Waals surface area contributed by atoms with Gasteiger partial charge in [0.15, 0.2) is 5.82 Å². The normalized spacial score (nSPS) is 13.7. The average Bonchev–Trinajstić information content (AvgIpc) is 2.87. The van der Waals surface area contributed by atoms with Crippen LogP contribution in [0.25, 0.3) is 10.9 Å². The van der Waals surface area contributed by atoms with Crippen molar-refractivity contribution in [2.45, 2.75) is 26.8 Å². The van der Waals surface area contributed by atoms with Gasteiger partial charge in [-0.05, 0) is 44.0 Å². The lowest BCUT2D eigenvalue weighted by molar-refractivity contribution is 0.0646. The molecule has 2 N–H and O–H groups in total. The minimum Gasteiger partial charge on any atom is -0.364 e. The van der Waals surface area contributed by atoms with Crippen LogP contribution in [0.4, 0.5) is 5.82 Å². The topological polar surface area (TPSA) is 61.0 Å². The Labute approximate surface area is 167 Å². The molecule has 1 aromatic carbocycles. The first-order valence-corrected chi connectivity index (χ1v) is 9.67. The van der Waals surface area contributed by atoms with Crippen LogP contribution in [-0.4, -0.2) is 33.9 Å². The molecule has 1 aliphatic heterocycles. The summed E-state index contributed by atoms with van der Waals surface area (Å²) in [5.74, 6) is 0.601. The maximum Gasteiger partial charge on any atom is 0.272 e. The number of halogens is 2. The molecule has 140 valence electrons. The lowest BCUT2D eigenvalue weighted by Gasteiger charge is -2.30. The molecule has 0 aliphatic carbocycles. The molecule has 0 spiro atoms. The summed E-state index contributed by atoms with van der Waals surface area (Å²) in [6.07, 6.45) is 1.05. The second-order valence-corrected chi connectivity index (χ2v) is 7.67. The first-order chi connectivity index (χ1) is 13.0. The molecule has 4 rings (SSSR count). The Kier molecular flexibility index (Phi) is 4.74. The molecule has 2 aromatic heterocycles.